The first kappa shape index (κ1) is 20.2. The second-order valence-corrected chi connectivity index (χ2v) is 9.14. The topological polar surface area (TPSA) is 52.7 Å². The molecule has 158 valence electrons. The van der Waals surface area contributed by atoms with Gasteiger partial charge in [0.1, 0.15) is 0 Å². The summed E-state index contributed by atoms with van der Waals surface area (Å²) in [5.41, 5.74) is 0.804. The lowest BCUT2D eigenvalue weighted by molar-refractivity contribution is -0.141. The zero-order chi connectivity index (χ0) is 20.2. The summed E-state index contributed by atoms with van der Waals surface area (Å²) >= 11 is 0. The van der Waals surface area contributed by atoms with E-state index >= 15 is 0 Å². The number of benzene rings is 1. The molecule has 5 heteroatoms. The molecule has 1 aliphatic heterocycles. The summed E-state index contributed by atoms with van der Waals surface area (Å²) in [6.07, 6.45) is 10.2. The van der Waals surface area contributed by atoms with Gasteiger partial charge in [0, 0.05) is 30.9 Å². The fraction of sp³-hybridized carbons (Fsp3) is 0.667. The lowest BCUT2D eigenvalue weighted by Gasteiger charge is -2.41. The molecule has 0 bridgehead atoms. The largest absolute Gasteiger partial charge is 0.336 e. The summed E-state index contributed by atoms with van der Waals surface area (Å²) in [5, 5.41) is 2.97. The molecule has 1 aromatic rings. The molecule has 1 saturated heterocycles. The van der Waals surface area contributed by atoms with Crippen LogP contribution in [0.3, 0.4) is 0 Å². The first-order chi connectivity index (χ1) is 14.2. The number of likely N-dealkylation sites (tertiary alicyclic amines) is 1. The maximum atomic E-state index is 13.5. The maximum Gasteiger partial charge on any atom is 0.321 e. The monoisotopic (exact) mass is 397 g/mol. The Kier molecular flexibility index (Phi) is 6.41. The van der Waals surface area contributed by atoms with Gasteiger partial charge in [-0.2, -0.15) is 0 Å². The molecule has 0 aromatic heterocycles. The average Bonchev–Trinajstić information content (AvgIpc) is 3.60. The highest BCUT2D eigenvalue weighted by Crippen LogP contribution is 2.38. The number of hydrogen-bond donors (Lipinski definition) is 1. The van der Waals surface area contributed by atoms with E-state index in [9.17, 15) is 9.59 Å². The number of amides is 3. The van der Waals surface area contributed by atoms with Gasteiger partial charge in [-0.25, -0.2) is 4.79 Å². The minimum Gasteiger partial charge on any atom is -0.336 e. The van der Waals surface area contributed by atoms with Crippen molar-refractivity contribution in [3.05, 3.63) is 30.3 Å². The van der Waals surface area contributed by atoms with Crippen LogP contribution in [0, 0.1) is 11.8 Å². The Morgan fingerprint density at radius 2 is 1.66 bits per heavy atom. The van der Waals surface area contributed by atoms with Gasteiger partial charge >= 0.3 is 6.03 Å². The summed E-state index contributed by atoms with van der Waals surface area (Å²) in [5.74, 6) is 1.11. The van der Waals surface area contributed by atoms with E-state index in [4.69, 9.17) is 0 Å². The third kappa shape index (κ3) is 4.93. The van der Waals surface area contributed by atoms with Crippen LogP contribution in [0.1, 0.15) is 64.7 Å². The smallest absolute Gasteiger partial charge is 0.321 e. The van der Waals surface area contributed by atoms with Gasteiger partial charge in [-0.15, -0.1) is 0 Å². The molecule has 0 unspecified atom stereocenters. The van der Waals surface area contributed by atoms with Crippen molar-refractivity contribution in [2.75, 3.05) is 18.4 Å². The van der Waals surface area contributed by atoms with Crippen molar-refractivity contribution in [2.24, 2.45) is 11.8 Å². The van der Waals surface area contributed by atoms with Gasteiger partial charge in [0.25, 0.3) is 0 Å². The lowest BCUT2D eigenvalue weighted by Crippen LogP contribution is -2.51. The second-order valence-electron chi connectivity index (χ2n) is 9.14. The van der Waals surface area contributed by atoms with Crippen molar-refractivity contribution in [3.63, 3.8) is 0 Å². The molecule has 1 atom stereocenters. The average molecular weight is 398 g/mol. The normalized spacial score (nSPS) is 27.3. The third-order valence-electron chi connectivity index (χ3n) is 7.06. The van der Waals surface area contributed by atoms with Crippen molar-refractivity contribution in [1.29, 1.82) is 0 Å². The maximum absolute atomic E-state index is 13.5. The Hall–Kier alpha value is -2.04. The van der Waals surface area contributed by atoms with Crippen LogP contribution < -0.4 is 5.32 Å². The molecule has 3 fully saturated rings. The number of para-hydroxylation sites is 1. The van der Waals surface area contributed by atoms with Crippen molar-refractivity contribution in [1.82, 2.24) is 9.80 Å². The van der Waals surface area contributed by atoms with Crippen LogP contribution in [0.2, 0.25) is 0 Å². The van der Waals surface area contributed by atoms with Crippen LogP contribution in [0.5, 0.6) is 0 Å². The number of nitrogens with zero attached hydrogens (tertiary/aromatic N) is 2. The minimum absolute atomic E-state index is 0.0465. The molecular weight excluding hydrogens is 362 g/mol. The number of piperidine rings is 1. The molecule has 2 saturated carbocycles. The highest BCUT2D eigenvalue weighted by atomic mass is 16.2. The van der Waals surface area contributed by atoms with Gasteiger partial charge in [0.15, 0.2) is 0 Å². The number of rotatable bonds is 5. The summed E-state index contributed by atoms with van der Waals surface area (Å²) in [6.45, 7) is 3.56. The van der Waals surface area contributed by atoms with E-state index in [0.29, 0.717) is 24.5 Å². The molecule has 3 amide bonds. The molecule has 1 heterocycles. The molecule has 1 N–H and O–H groups in total. The molecular formula is C24H35N3O2. The van der Waals surface area contributed by atoms with Crippen molar-refractivity contribution in [2.45, 2.75) is 76.8 Å². The summed E-state index contributed by atoms with van der Waals surface area (Å²) in [7, 11) is 0. The number of nitrogens with one attached hydrogen (secondary N) is 1. The molecule has 0 radical (unpaired) electrons. The molecule has 5 nitrogen and oxygen atoms in total. The second kappa shape index (κ2) is 9.19. The Labute approximate surface area is 174 Å². The van der Waals surface area contributed by atoms with E-state index in [2.05, 4.69) is 17.1 Å². The highest BCUT2D eigenvalue weighted by Gasteiger charge is 2.42. The Bertz CT molecular complexity index is 695. The van der Waals surface area contributed by atoms with Crippen LogP contribution in [-0.2, 0) is 4.79 Å². The first-order valence-electron chi connectivity index (χ1n) is 11.6. The standard InChI is InChI=1S/C24H35N3O2/c1-2-18-10-12-21(13-11-18)27(22-14-15-22)23(28)19-7-6-16-26(17-19)24(29)25-20-8-4-3-5-9-20/h3-5,8-9,18-19,21-22H,2,6-7,10-17H2,1H3,(H,25,29)/t18?,19-,21?/m1/s1. The lowest BCUT2D eigenvalue weighted by atomic mass is 9.83. The molecule has 3 aliphatic rings. The summed E-state index contributed by atoms with van der Waals surface area (Å²) < 4.78 is 0. The summed E-state index contributed by atoms with van der Waals surface area (Å²) in [4.78, 5) is 30.3. The predicted octanol–water partition coefficient (Wildman–Crippen LogP) is 4.89. The van der Waals surface area contributed by atoms with Gasteiger partial charge in [-0.1, -0.05) is 31.5 Å². The van der Waals surface area contributed by atoms with Gasteiger partial charge in [0.05, 0.1) is 5.92 Å². The van der Waals surface area contributed by atoms with Gasteiger partial charge in [-0.3, -0.25) is 4.79 Å². The van der Waals surface area contributed by atoms with Crippen molar-refractivity contribution >= 4 is 17.6 Å². The number of urea groups is 1. The van der Waals surface area contributed by atoms with E-state index in [1.165, 1.54) is 19.3 Å². The fourth-order valence-electron chi connectivity index (χ4n) is 5.14. The number of carbonyl (C=O) groups is 2. The molecule has 0 spiro atoms. The van der Waals surface area contributed by atoms with E-state index in [1.807, 2.05) is 35.2 Å². The molecule has 2 aliphatic carbocycles. The van der Waals surface area contributed by atoms with E-state index in [-0.39, 0.29) is 11.9 Å². The quantitative estimate of drug-likeness (QED) is 0.769. The fourth-order valence-corrected chi connectivity index (χ4v) is 5.14. The molecule has 4 rings (SSSR count). The minimum atomic E-state index is -0.0878. The molecule has 1 aromatic carbocycles. The van der Waals surface area contributed by atoms with E-state index in [1.54, 1.807) is 0 Å². The summed E-state index contributed by atoms with van der Waals surface area (Å²) in [6, 6.07) is 10.3. The Morgan fingerprint density at radius 3 is 2.28 bits per heavy atom. The van der Waals surface area contributed by atoms with Crippen molar-refractivity contribution in [3.8, 4) is 0 Å². The molecule has 29 heavy (non-hydrogen) atoms. The van der Waals surface area contributed by atoms with Crippen LogP contribution in [-0.4, -0.2) is 46.9 Å². The van der Waals surface area contributed by atoms with E-state index in [0.717, 1.165) is 56.7 Å². The SMILES string of the molecule is CCC1CCC(N(C(=O)[C@@H]2CCCN(C(=O)Nc3ccccc3)C2)C2CC2)CC1. The van der Waals surface area contributed by atoms with Crippen LogP contribution in [0.25, 0.3) is 0 Å². The zero-order valence-corrected chi connectivity index (χ0v) is 17.7. The number of carbonyl (C=O) groups excluding carboxylic acids is 2. The van der Waals surface area contributed by atoms with Crippen LogP contribution >= 0.6 is 0 Å². The number of hydrogen-bond acceptors (Lipinski definition) is 2. The predicted molar refractivity (Wildman–Crippen MR) is 116 cm³/mol. The van der Waals surface area contributed by atoms with Gasteiger partial charge < -0.3 is 15.1 Å². The van der Waals surface area contributed by atoms with Crippen LogP contribution in [0.15, 0.2) is 30.3 Å². The van der Waals surface area contributed by atoms with Crippen molar-refractivity contribution < 1.29 is 9.59 Å². The Morgan fingerprint density at radius 1 is 1.00 bits per heavy atom. The van der Waals surface area contributed by atoms with Gasteiger partial charge in [0.2, 0.25) is 5.91 Å². The Balaban J connectivity index is 1.37. The zero-order valence-electron chi connectivity index (χ0n) is 17.7. The van der Waals surface area contributed by atoms with E-state index < -0.39 is 0 Å². The third-order valence-corrected chi connectivity index (χ3v) is 7.06. The van der Waals surface area contributed by atoms with Crippen LogP contribution in [0.4, 0.5) is 10.5 Å². The first-order valence-corrected chi connectivity index (χ1v) is 11.6. The highest BCUT2D eigenvalue weighted by molar-refractivity contribution is 5.90. The van der Waals surface area contributed by atoms with Gasteiger partial charge in [-0.05, 0) is 69.4 Å². The number of anilines is 1.